The average Bonchev–Trinajstić information content (AvgIpc) is 2.44. The molecular weight excluding hydrogens is 286 g/mol. The molecule has 0 aliphatic heterocycles. The molecule has 7 heteroatoms. The predicted molar refractivity (Wildman–Crippen MR) is 69.9 cm³/mol. The Bertz CT molecular complexity index is 530. The van der Waals surface area contributed by atoms with Crippen molar-refractivity contribution >= 4 is 11.8 Å². The van der Waals surface area contributed by atoms with Crippen molar-refractivity contribution in [2.75, 3.05) is 7.11 Å². The molecule has 2 atom stereocenters. The molecule has 0 saturated heterocycles. The topological polar surface area (TPSA) is 72.8 Å². The first-order chi connectivity index (χ1) is 9.77. The molecule has 1 aromatic carbocycles. The van der Waals surface area contributed by atoms with Crippen LogP contribution >= 0.6 is 0 Å². The van der Waals surface area contributed by atoms with E-state index in [1.165, 1.54) is 33.1 Å². The number of carboxylic acid groups (broad SMARTS) is 1. The van der Waals surface area contributed by atoms with Crippen LogP contribution < -0.4 is 9.47 Å². The Morgan fingerprint density at radius 1 is 1.14 bits per heavy atom. The summed E-state index contributed by atoms with van der Waals surface area (Å²) in [5.74, 6) is -3.46. The lowest BCUT2D eigenvalue weighted by Gasteiger charge is -2.16. The number of aliphatic carboxylic acids is 1. The first kappa shape index (κ1) is 16.9. The third-order valence-corrected chi connectivity index (χ3v) is 3.22. The van der Waals surface area contributed by atoms with Gasteiger partial charge in [-0.2, -0.15) is 8.78 Å². The molecule has 2 unspecified atom stereocenters. The molecule has 0 bridgehead atoms. The number of carbonyl (C=O) groups is 2. The lowest BCUT2D eigenvalue weighted by Crippen LogP contribution is -2.25. The van der Waals surface area contributed by atoms with Gasteiger partial charge in [0, 0.05) is 11.5 Å². The van der Waals surface area contributed by atoms with Crippen molar-refractivity contribution in [3.63, 3.8) is 0 Å². The molecule has 0 aliphatic rings. The van der Waals surface area contributed by atoms with Crippen molar-refractivity contribution < 1.29 is 33.0 Å². The Morgan fingerprint density at radius 2 is 1.76 bits per heavy atom. The van der Waals surface area contributed by atoms with Crippen molar-refractivity contribution in [1.82, 2.24) is 0 Å². The highest BCUT2D eigenvalue weighted by Gasteiger charge is 2.27. The van der Waals surface area contributed by atoms with Gasteiger partial charge in [-0.3, -0.25) is 9.59 Å². The average molecular weight is 302 g/mol. The molecule has 0 fully saturated rings. The summed E-state index contributed by atoms with van der Waals surface area (Å²) in [5.41, 5.74) is 0.0899. The van der Waals surface area contributed by atoms with Crippen LogP contribution in [0.1, 0.15) is 24.2 Å². The Morgan fingerprint density at radius 3 is 2.24 bits per heavy atom. The fourth-order valence-electron chi connectivity index (χ4n) is 1.72. The van der Waals surface area contributed by atoms with Gasteiger partial charge in [-0.05, 0) is 18.2 Å². The summed E-state index contributed by atoms with van der Waals surface area (Å²) in [6.45, 7) is -0.177. The van der Waals surface area contributed by atoms with Crippen LogP contribution in [0.5, 0.6) is 11.5 Å². The number of carboxylic acids is 1. The molecule has 1 aromatic rings. The van der Waals surface area contributed by atoms with Crippen LogP contribution in [0.3, 0.4) is 0 Å². The van der Waals surface area contributed by atoms with Crippen molar-refractivity contribution in [2.24, 2.45) is 11.8 Å². The van der Waals surface area contributed by atoms with E-state index in [-0.39, 0.29) is 17.1 Å². The standard InChI is InChI=1S/C14H16F2O5/c1-7(8(2)13(18)19)12(17)9-4-5-10(20-3)11(6-9)21-14(15)16/h4-8,14H,1-3H3,(H,18,19). The molecule has 1 rings (SSSR count). The van der Waals surface area contributed by atoms with Crippen LogP contribution in [0.15, 0.2) is 18.2 Å². The molecular formula is C14H16F2O5. The number of benzene rings is 1. The van der Waals surface area contributed by atoms with Gasteiger partial charge >= 0.3 is 12.6 Å². The molecule has 0 heterocycles. The summed E-state index contributed by atoms with van der Waals surface area (Å²) in [7, 11) is 1.28. The Labute approximate surface area is 120 Å². The maximum Gasteiger partial charge on any atom is 0.387 e. The number of hydrogen-bond donors (Lipinski definition) is 1. The largest absolute Gasteiger partial charge is 0.493 e. The maximum absolute atomic E-state index is 12.3. The zero-order valence-electron chi connectivity index (χ0n) is 11.8. The first-order valence-electron chi connectivity index (χ1n) is 6.17. The minimum atomic E-state index is -3.06. The highest BCUT2D eigenvalue weighted by atomic mass is 19.3. The number of carbonyl (C=O) groups excluding carboxylic acids is 1. The van der Waals surface area contributed by atoms with Gasteiger partial charge in [0.15, 0.2) is 17.3 Å². The smallest absolute Gasteiger partial charge is 0.387 e. The zero-order chi connectivity index (χ0) is 16.2. The molecule has 1 N–H and O–H groups in total. The lowest BCUT2D eigenvalue weighted by molar-refractivity contribution is -0.142. The zero-order valence-corrected chi connectivity index (χ0v) is 11.8. The third-order valence-electron chi connectivity index (χ3n) is 3.22. The highest BCUT2D eigenvalue weighted by molar-refractivity contribution is 6.00. The van der Waals surface area contributed by atoms with E-state index in [2.05, 4.69) is 4.74 Å². The van der Waals surface area contributed by atoms with Gasteiger partial charge in [-0.1, -0.05) is 13.8 Å². The third kappa shape index (κ3) is 4.14. The Balaban J connectivity index is 3.08. The second-order valence-corrected chi connectivity index (χ2v) is 4.52. The quantitative estimate of drug-likeness (QED) is 0.784. The highest BCUT2D eigenvalue weighted by Crippen LogP contribution is 2.31. The molecule has 0 spiro atoms. The van der Waals surface area contributed by atoms with Gasteiger partial charge in [0.25, 0.3) is 0 Å². The van der Waals surface area contributed by atoms with E-state index in [1.54, 1.807) is 0 Å². The Hall–Kier alpha value is -2.18. The second kappa shape index (κ2) is 7.01. The molecule has 0 radical (unpaired) electrons. The van der Waals surface area contributed by atoms with Crippen molar-refractivity contribution in [3.8, 4) is 11.5 Å². The van der Waals surface area contributed by atoms with Gasteiger partial charge < -0.3 is 14.6 Å². The molecule has 5 nitrogen and oxygen atoms in total. The summed E-state index contributed by atoms with van der Waals surface area (Å²) >= 11 is 0. The van der Waals surface area contributed by atoms with Crippen LogP contribution in [-0.4, -0.2) is 30.6 Å². The van der Waals surface area contributed by atoms with Crippen molar-refractivity contribution in [1.29, 1.82) is 0 Å². The van der Waals surface area contributed by atoms with Crippen LogP contribution in [0, 0.1) is 11.8 Å². The van der Waals surface area contributed by atoms with Crippen LogP contribution in [-0.2, 0) is 4.79 Å². The number of methoxy groups -OCH3 is 1. The maximum atomic E-state index is 12.3. The molecule has 0 aliphatic carbocycles. The van der Waals surface area contributed by atoms with Gasteiger partial charge in [-0.15, -0.1) is 0 Å². The van der Waals surface area contributed by atoms with E-state index in [4.69, 9.17) is 9.84 Å². The SMILES string of the molecule is COc1ccc(C(=O)C(C)C(C)C(=O)O)cc1OC(F)F. The summed E-state index contributed by atoms with van der Waals surface area (Å²) in [4.78, 5) is 23.1. The van der Waals surface area contributed by atoms with E-state index in [9.17, 15) is 18.4 Å². The second-order valence-electron chi connectivity index (χ2n) is 4.52. The summed E-state index contributed by atoms with van der Waals surface area (Å²) in [6, 6.07) is 3.83. The first-order valence-corrected chi connectivity index (χ1v) is 6.17. The molecule has 0 aromatic heterocycles. The van der Waals surface area contributed by atoms with Gasteiger partial charge in [0.1, 0.15) is 0 Å². The lowest BCUT2D eigenvalue weighted by atomic mass is 9.88. The van der Waals surface area contributed by atoms with Crippen LogP contribution in [0.4, 0.5) is 8.78 Å². The number of halogens is 2. The minimum absolute atomic E-state index is 0.0609. The monoisotopic (exact) mass is 302 g/mol. The molecule has 21 heavy (non-hydrogen) atoms. The van der Waals surface area contributed by atoms with E-state index < -0.39 is 30.2 Å². The summed E-state index contributed by atoms with van der Waals surface area (Å²) < 4.78 is 33.8. The van der Waals surface area contributed by atoms with E-state index in [0.717, 1.165) is 6.07 Å². The van der Waals surface area contributed by atoms with Gasteiger partial charge in [-0.25, -0.2) is 0 Å². The summed E-state index contributed by atoms with van der Waals surface area (Å²) in [5, 5.41) is 8.91. The fraction of sp³-hybridized carbons (Fsp3) is 0.429. The number of hydrogen-bond acceptors (Lipinski definition) is 4. The van der Waals surface area contributed by atoms with E-state index >= 15 is 0 Å². The predicted octanol–water partition coefficient (Wildman–Crippen LogP) is 2.84. The van der Waals surface area contributed by atoms with Crippen LogP contribution in [0.25, 0.3) is 0 Å². The number of ether oxygens (including phenoxy) is 2. The normalized spacial score (nSPS) is 13.6. The molecule has 0 amide bonds. The van der Waals surface area contributed by atoms with Crippen LogP contribution in [0.2, 0.25) is 0 Å². The van der Waals surface area contributed by atoms with E-state index in [1.807, 2.05) is 0 Å². The fourth-order valence-corrected chi connectivity index (χ4v) is 1.72. The number of rotatable bonds is 7. The number of alkyl halides is 2. The van der Waals surface area contributed by atoms with Gasteiger partial charge in [0.05, 0.1) is 13.0 Å². The summed E-state index contributed by atoms with van der Waals surface area (Å²) in [6.07, 6.45) is 0. The molecule has 116 valence electrons. The minimum Gasteiger partial charge on any atom is -0.493 e. The van der Waals surface area contributed by atoms with Crippen molar-refractivity contribution in [2.45, 2.75) is 20.5 Å². The number of ketones is 1. The molecule has 0 saturated carbocycles. The Kier molecular flexibility index (Phi) is 5.63. The van der Waals surface area contributed by atoms with Gasteiger partial charge in [0.2, 0.25) is 0 Å². The van der Waals surface area contributed by atoms with E-state index in [0.29, 0.717) is 0 Å². The van der Waals surface area contributed by atoms with Crippen molar-refractivity contribution in [3.05, 3.63) is 23.8 Å². The number of Topliss-reactive ketones (excluding diaryl/α,β-unsaturated/α-hetero) is 1.